The van der Waals surface area contributed by atoms with Crippen LogP contribution in [0.3, 0.4) is 0 Å². The number of carbonyl (C=O) groups excluding carboxylic acids is 3. The Morgan fingerprint density at radius 3 is 2.30 bits per heavy atom. The largest absolute Gasteiger partial charge is 0.452 e. The first-order valence-corrected chi connectivity index (χ1v) is 8.57. The number of primary amides is 1. The van der Waals surface area contributed by atoms with Crippen LogP contribution in [-0.2, 0) is 16.1 Å². The number of benzene rings is 2. The molecular formula is C19H20ClN3O4. The van der Waals surface area contributed by atoms with E-state index in [1.54, 1.807) is 36.4 Å². The third-order valence-corrected chi connectivity index (χ3v) is 3.99. The fourth-order valence-corrected chi connectivity index (χ4v) is 2.41. The first kappa shape index (κ1) is 20.3. The molecule has 2 aromatic rings. The third-order valence-electron chi connectivity index (χ3n) is 3.74. The number of nitrogens with one attached hydrogen (secondary N) is 2. The number of rotatable bonds is 7. The first-order chi connectivity index (χ1) is 12.8. The normalized spacial score (nSPS) is 11.3. The molecule has 8 heteroatoms. The molecule has 0 aliphatic rings. The number of hydrogen-bond acceptors (Lipinski definition) is 4. The smallest absolute Gasteiger partial charge is 0.338 e. The molecule has 4 N–H and O–H groups in total. The Balaban J connectivity index is 1.81. The number of halogens is 1. The summed E-state index contributed by atoms with van der Waals surface area (Å²) in [5.74, 6) is -1.02. The van der Waals surface area contributed by atoms with Crippen LogP contribution in [0.25, 0.3) is 0 Å². The molecular weight excluding hydrogens is 370 g/mol. The maximum atomic E-state index is 12.0. The van der Waals surface area contributed by atoms with E-state index in [-0.39, 0.29) is 19.2 Å². The summed E-state index contributed by atoms with van der Waals surface area (Å²) in [6.07, 6.45) is 0. The van der Waals surface area contributed by atoms with Crippen molar-refractivity contribution in [1.29, 1.82) is 0 Å². The SMILES string of the molecule is CC(NC(=O)COC(=O)c1ccc(CNC(N)=O)cc1)c1ccc(Cl)cc1. The van der Waals surface area contributed by atoms with Crippen molar-refractivity contribution >= 4 is 29.5 Å². The maximum Gasteiger partial charge on any atom is 0.338 e. The first-order valence-electron chi connectivity index (χ1n) is 8.19. The fraction of sp³-hybridized carbons (Fsp3) is 0.211. The van der Waals surface area contributed by atoms with Crippen molar-refractivity contribution in [1.82, 2.24) is 10.6 Å². The van der Waals surface area contributed by atoms with Crippen LogP contribution >= 0.6 is 11.6 Å². The monoisotopic (exact) mass is 389 g/mol. The van der Waals surface area contributed by atoms with Gasteiger partial charge in [-0.25, -0.2) is 9.59 Å². The van der Waals surface area contributed by atoms with Crippen molar-refractivity contribution in [2.24, 2.45) is 5.73 Å². The summed E-state index contributed by atoms with van der Waals surface area (Å²) in [5.41, 5.74) is 6.96. The van der Waals surface area contributed by atoms with Gasteiger partial charge in [-0.2, -0.15) is 0 Å². The number of ether oxygens (including phenoxy) is 1. The number of nitrogens with two attached hydrogens (primary N) is 1. The Bertz CT molecular complexity index is 807. The molecule has 7 nitrogen and oxygen atoms in total. The van der Waals surface area contributed by atoms with Gasteiger partial charge in [0.15, 0.2) is 6.61 Å². The summed E-state index contributed by atoms with van der Waals surface area (Å²) in [5, 5.41) is 5.81. The fourth-order valence-electron chi connectivity index (χ4n) is 2.28. The van der Waals surface area contributed by atoms with Crippen molar-refractivity contribution in [3.63, 3.8) is 0 Å². The van der Waals surface area contributed by atoms with Gasteiger partial charge in [-0.05, 0) is 42.3 Å². The molecule has 0 heterocycles. The summed E-state index contributed by atoms with van der Waals surface area (Å²) in [6, 6.07) is 12.7. The zero-order valence-corrected chi connectivity index (χ0v) is 15.5. The van der Waals surface area contributed by atoms with Gasteiger partial charge in [0, 0.05) is 11.6 Å². The van der Waals surface area contributed by atoms with Gasteiger partial charge in [0.05, 0.1) is 11.6 Å². The van der Waals surface area contributed by atoms with Crippen LogP contribution < -0.4 is 16.4 Å². The average molecular weight is 390 g/mol. The lowest BCUT2D eigenvalue weighted by Crippen LogP contribution is -2.31. The molecule has 1 atom stereocenters. The Morgan fingerprint density at radius 2 is 1.70 bits per heavy atom. The second kappa shape index (κ2) is 9.59. The standard InChI is InChI=1S/C19H20ClN3O4/c1-12(14-6-8-16(20)9-7-14)23-17(24)11-27-18(25)15-4-2-13(3-5-15)10-22-19(21)26/h2-9,12H,10-11H2,1H3,(H,23,24)(H3,21,22,26). The van der Waals surface area contributed by atoms with Crippen LogP contribution in [-0.4, -0.2) is 24.5 Å². The van der Waals surface area contributed by atoms with Crippen LogP contribution in [0.5, 0.6) is 0 Å². The topological polar surface area (TPSA) is 111 Å². The molecule has 0 saturated carbocycles. The van der Waals surface area contributed by atoms with Gasteiger partial charge < -0.3 is 21.1 Å². The summed E-state index contributed by atoms with van der Waals surface area (Å²) < 4.78 is 5.02. The molecule has 0 aliphatic carbocycles. The highest BCUT2D eigenvalue weighted by Crippen LogP contribution is 2.16. The van der Waals surface area contributed by atoms with Crippen molar-refractivity contribution in [3.8, 4) is 0 Å². The molecule has 2 aromatic carbocycles. The van der Waals surface area contributed by atoms with E-state index in [9.17, 15) is 14.4 Å². The molecule has 1 unspecified atom stereocenters. The van der Waals surface area contributed by atoms with E-state index in [2.05, 4.69) is 10.6 Å². The molecule has 0 aromatic heterocycles. The van der Waals surface area contributed by atoms with Crippen molar-refractivity contribution < 1.29 is 19.1 Å². The van der Waals surface area contributed by atoms with Crippen molar-refractivity contribution in [3.05, 3.63) is 70.2 Å². The molecule has 0 fully saturated rings. The van der Waals surface area contributed by atoms with Gasteiger partial charge in [0.2, 0.25) is 0 Å². The predicted molar refractivity (Wildman–Crippen MR) is 101 cm³/mol. The second-order valence-electron chi connectivity index (χ2n) is 5.83. The lowest BCUT2D eigenvalue weighted by atomic mass is 10.1. The molecule has 142 valence electrons. The van der Waals surface area contributed by atoms with Crippen molar-refractivity contribution in [2.45, 2.75) is 19.5 Å². The third kappa shape index (κ3) is 6.63. The predicted octanol–water partition coefficient (Wildman–Crippen LogP) is 2.54. The zero-order valence-electron chi connectivity index (χ0n) is 14.7. The van der Waals surface area contributed by atoms with E-state index in [0.717, 1.165) is 11.1 Å². The minimum atomic E-state index is -0.627. The zero-order chi connectivity index (χ0) is 19.8. The summed E-state index contributed by atoms with van der Waals surface area (Å²) in [4.78, 5) is 34.7. The van der Waals surface area contributed by atoms with Gasteiger partial charge in [0.1, 0.15) is 0 Å². The Kier molecular flexibility index (Phi) is 7.19. The van der Waals surface area contributed by atoms with Gasteiger partial charge in [-0.3, -0.25) is 4.79 Å². The summed E-state index contributed by atoms with van der Waals surface area (Å²) in [6.45, 7) is 1.69. The molecule has 0 spiro atoms. The highest BCUT2D eigenvalue weighted by Gasteiger charge is 2.13. The van der Waals surface area contributed by atoms with Crippen LogP contribution in [0, 0.1) is 0 Å². The van der Waals surface area contributed by atoms with E-state index < -0.39 is 17.9 Å². The van der Waals surface area contributed by atoms with Gasteiger partial charge in [0.25, 0.3) is 5.91 Å². The minimum absolute atomic E-state index is 0.245. The Morgan fingerprint density at radius 1 is 1.07 bits per heavy atom. The summed E-state index contributed by atoms with van der Waals surface area (Å²) >= 11 is 5.84. The molecule has 3 amide bonds. The minimum Gasteiger partial charge on any atom is -0.452 e. The van der Waals surface area contributed by atoms with Gasteiger partial charge in [-0.15, -0.1) is 0 Å². The number of carbonyl (C=O) groups is 3. The molecule has 0 aliphatic heterocycles. The van der Waals surface area contributed by atoms with Crippen LogP contribution in [0.4, 0.5) is 4.79 Å². The van der Waals surface area contributed by atoms with E-state index >= 15 is 0 Å². The quantitative estimate of drug-likeness (QED) is 0.632. The highest BCUT2D eigenvalue weighted by molar-refractivity contribution is 6.30. The molecule has 0 bridgehead atoms. The average Bonchev–Trinajstić information content (AvgIpc) is 2.65. The maximum absolute atomic E-state index is 12.0. The van der Waals surface area contributed by atoms with Gasteiger partial charge >= 0.3 is 12.0 Å². The van der Waals surface area contributed by atoms with Gasteiger partial charge in [-0.1, -0.05) is 35.9 Å². The number of esters is 1. The van der Waals surface area contributed by atoms with Crippen molar-refractivity contribution in [2.75, 3.05) is 6.61 Å². The number of urea groups is 1. The molecule has 2 rings (SSSR count). The van der Waals surface area contributed by atoms with E-state index in [4.69, 9.17) is 22.1 Å². The molecule has 27 heavy (non-hydrogen) atoms. The molecule has 0 saturated heterocycles. The van der Waals surface area contributed by atoms with E-state index in [1.165, 1.54) is 0 Å². The van der Waals surface area contributed by atoms with Crippen LogP contribution in [0.2, 0.25) is 5.02 Å². The Labute approximate surface area is 161 Å². The van der Waals surface area contributed by atoms with E-state index in [1.807, 2.05) is 19.1 Å². The number of amides is 3. The second-order valence-corrected chi connectivity index (χ2v) is 6.27. The lowest BCUT2D eigenvalue weighted by Gasteiger charge is -2.14. The summed E-state index contributed by atoms with van der Waals surface area (Å²) in [7, 11) is 0. The number of hydrogen-bond donors (Lipinski definition) is 3. The lowest BCUT2D eigenvalue weighted by molar-refractivity contribution is -0.124. The molecule has 0 radical (unpaired) electrons. The van der Waals surface area contributed by atoms with Crippen LogP contribution in [0.1, 0.15) is 34.5 Å². The Hall–Kier alpha value is -3.06. The van der Waals surface area contributed by atoms with E-state index in [0.29, 0.717) is 10.6 Å². The van der Waals surface area contributed by atoms with Crippen LogP contribution in [0.15, 0.2) is 48.5 Å². The highest BCUT2D eigenvalue weighted by atomic mass is 35.5.